The molecule has 0 aromatic heterocycles. The topological polar surface area (TPSA) is 29.1 Å². The van der Waals surface area contributed by atoms with E-state index >= 15 is 0 Å². The second kappa shape index (κ2) is 1.87. The van der Waals surface area contributed by atoms with Gasteiger partial charge < -0.3 is 5.32 Å². The van der Waals surface area contributed by atoms with Gasteiger partial charge in [0.25, 0.3) is 0 Å². The highest BCUT2D eigenvalue weighted by Gasteiger charge is 2.28. The maximum Gasteiger partial charge on any atom is 0.227 e. The summed E-state index contributed by atoms with van der Waals surface area (Å²) >= 11 is 0. The summed E-state index contributed by atoms with van der Waals surface area (Å²) in [6.07, 6.45) is 0. The summed E-state index contributed by atoms with van der Waals surface area (Å²) in [5.74, 6) is 0.118. The van der Waals surface area contributed by atoms with Crippen LogP contribution in [0.4, 0.5) is 0 Å². The van der Waals surface area contributed by atoms with Gasteiger partial charge in [0.2, 0.25) is 5.91 Å². The fourth-order valence-corrected chi connectivity index (χ4v) is 0.974. The Morgan fingerprint density at radius 2 is 2.11 bits per heavy atom. The SMILES string of the molecule is C=C1C(C)NC(=O)C1C. The van der Waals surface area contributed by atoms with Gasteiger partial charge in [0, 0.05) is 6.04 Å². The first-order chi connectivity index (χ1) is 4.13. The van der Waals surface area contributed by atoms with Crippen LogP contribution in [-0.2, 0) is 4.79 Å². The number of carbonyl (C=O) groups is 1. The van der Waals surface area contributed by atoms with Gasteiger partial charge in [-0.15, -0.1) is 0 Å². The number of rotatable bonds is 0. The zero-order valence-electron chi connectivity index (χ0n) is 5.77. The van der Waals surface area contributed by atoms with Crippen molar-refractivity contribution in [1.82, 2.24) is 5.32 Å². The largest absolute Gasteiger partial charge is 0.349 e. The van der Waals surface area contributed by atoms with E-state index in [1.54, 1.807) is 0 Å². The Hall–Kier alpha value is -0.790. The Balaban J connectivity index is 2.77. The first-order valence-corrected chi connectivity index (χ1v) is 3.12. The number of amides is 1. The Bertz CT molecular complexity index is 162. The molecule has 1 saturated heterocycles. The molecule has 2 atom stereocenters. The van der Waals surface area contributed by atoms with Crippen LogP contribution in [0.25, 0.3) is 0 Å². The number of hydrogen-bond acceptors (Lipinski definition) is 1. The predicted molar refractivity (Wildman–Crippen MR) is 35.9 cm³/mol. The molecule has 50 valence electrons. The molecular formula is C7H11NO. The van der Waals surface area contributed by atoms with E-state index in [2.05, 4.69) is 11.9 Å². The van der Waals surface area contributed by atoms with Gasteiger partial charge in [0.1, 0.15) is 0 Å². The van der Waals surface area contributed by atoms with Gasteiger partial charge in [-0.3, -0.25) is 4.79 Å². The minimum absolute atomic E-state index is 0.0139. The Morgan fingerprint density at radius 1 is 1.56 bits per heavy atom. The van der Waals surface area contributed by atoms with E-state index in [4.69, 9.17) is 0 Å². The summed E-state index contributed by atoms with van der Waals surface area (Å²) in [7, 11) is 0. The average Bonchev–Trinajstić information content (AvgIpc) is 1.98. The van der Waals surface area contributed by atoms with Crippen LogP contribution in [0.15, 0.2) is 12.2 Å². The predicted octanol–water partition coefficient (Wildman–Crippen LogP) is 0.697. The number of hydrogen-bond donors (Lipinski definition) is 1. The molecule has 9 heavy (non-hydrogen) atoms. The molecule has 1 aliphatic heterocycles. The van der Waals surface area contributed by atoms with Gasteiger partial charge in [0.05, 0.1) is 5.92 Å². The van der Waals surface area contributed by atoms with Crippen molar-refractivity contribution in [2.45, 2.75) is 19.9 Å². The summed E-state index contributed by atoms with van der Waals surface area (Å²) in [6.45, 7) is 7.61. The van der Waals surface area contributed by atoms with Crippen molar-refractivity contribution in [2.75, 3.05) is 0 Å². The van der Waals surface area contributed by atoms with Gasteiger partial charge in [-0.1, -0.05) is 6.58 Å². The van der Waals surface area contributed by atoms with Gasteiger partial charge in [-0.05, 0) is 19.4 Å². The molecule has 2 unspecified atom stereocenters. The molecule has 0 bridgehead atoms. The molecular weight excluding hydrogens is 114 g/mol. The van der Waals surface area contributed by atoms with Gasteiger partial charge >= 0.3 is 0 Å². The molecule has 0 aliphatic carbocycles. The second-order valence-corrected chi connectivity index (χ2v) is 2.53. The van der Waals surface area contributed by atoms with Crippen LogP contribution in [0.2, 0.25) is 0 Å². The van der Waals surface area contributed by atoms with Crippen LogP contribution in [0, 0.1) is 5.92 Å². The Morgan fingerprint density at radius 3 is 2.22 bits per heavy atom. The highest BCUT2D eigenvalue weighted by Crippen LogP contribution is 2.18. The Labute approximate surface area is 54.9 Å². The molecule has 0 spiro atoms. The third-order valence-electron chi connectivity index (χ3n) is 1.86. The van der Waals surface area contributed by atoms with Crippen molar-refractivity contribution in [1.29, 1.82) is 0 Å². The lowest BCUT2D eigenvalue weighted by atomic mass is 10.0. The van der Waals surface area contributed by atoms with Gasteiger partial charge in [-0.2, -0.15) is 0 Å². The van der Waals surface area contributed by atoms with Gasteiger partial charge in [-0.25, -0.2) is 0 Å². The number of carbonyl (C=O) groups excluding carboxylic acids is 1. The summed E-state index contributed by atoms with van der Waals surface area (Å²) < 4.78 is 0. The maximum atomic E-state index is 10.8. The average molecular weight is 125 g/mol. The smallest absolute Gasteiger partial charge is 0.227 e. The molecule has 1 N–H and O–H groups in total. The van der Waals surface area contributed by atoms with Crippen LogP contribution in [0.3, 0.4) is 0 Å². The van der Waals surface area contributed by atoms with E-state index in [1.807, 2.05) is 13.8 Å². The molecule has 1 rings (SSSR count). The normalized spacial score (nSPS) is 34.9. The van der Waals surface area contributed by atoms with E-state index in [-0.39, 0.29) is 17.9 Å². The Kier molecular flexibility index (Phi) is 1.31. The van der Waals surface area contributed by atoms with Crippen LogP contribution >= 0.6 is 0 Å². The monoisotopic (exact) mass is 125 g/mol. The quantitative estimate of drug-likeness (QED) is 0.474. The van der Waals surface area contributed by atoms with E-state index in [1.165, 1.54) is 0 Å². The van der Waals surface area contributed by atoms with Crippen LogP contribution in [-0.4, -0.2) is 11.9 Å². The van der Waals surface area contributed by atoms with Gasteiger partial charge in [0.15, 0.2) is 0 Å². The summed E-state index contributed by atoms with van der Waals surface area (Å²) in [4.78, 5) is 10.8. The molecule has 2 nitrogen and oxygen atoms in total. The molecule has 1 fully saturated rings. The van der Waals surface area contributed by atoms with Crippen molar-refractivity contribution in [2.24, 2.45) is 5.92 Å². The van der Waals surface area contributed by atoms with Crippen molar-refractivity contribution in [3.8, 4) is 0 Å². The molecule has 1 amide bonds. The lowest BCUT2D eigenvalue weighted by molar-refractivity contribution is -0.121. The molecule has 0 saturated carbocycles. The molecule has 0 aromatic carbocycles. The van der Waals surface area contributed by atoms with E-state index in [9.17, 15) is 4.79 Å². The minimum atomic E-state index is 0.0139. The molecule has 1 aliphatic rings. The fraction of sp³-hybridized carbons (Fsp3) is 0.571. The summed E-state index contributed by atoms with van der Waals surface area (Å²) in [6, 6.07) is 0.174. The first kappa shape index (κ1) is 6.33. The first-order valence-electron chi connectivity index (χ1n) is 3.12. The zero-order valence-corrected chi connectivity index (χ0v) is 5.77. The molecule has 1 heterocycles. The van der Waals surface area contributed by atoms with Crippen LogP contribution in [0.5, 0.6) is 0 Å². The van der Waals surface area contributed by atoms with E-state index < -0.39 is 0 Å². The minimum Gasteiger partial charge on any atom is -0.349 e. The molecule has 0 aromatic rings. The van der Waals surface area contributed by atoms with Crippen molar-refractivity contribution >= 4 is 5.91 Å². The molecule has 0 radical (unpaired) electrons. The maximum absolute atomic E-state index is 10.8. The summed E-state index contributed by atoms with van der Waals surface area (Å²) in [5.41, 5.74) is 1.00. The molecule has 2 heteroatoms. The van der Waals surface area contributed by atoms with Crippen molar-refractivity contribution < 1.29 is 4.79 Å². The fourth-order valence-electron chi connectivity index (χ4n) is 0.974. The summed E-state index contributed by atoms with van der Waals surface area (Å²) in [5, 5.41) is 2.78. The second-order valence-electron chi connectivity index (χ2n) is 2.53. The highest BCUT2D eigenvalue weighted by molar-refractivity contribution is 5.85. The van der Waals surface area contributed by atoms with Crippen molar-refractivity contribution in [3.63, 3.8) is 0 Å². The lowest BCUT2D eigenvalue weighted by Gasteiger charge is -2.01. The standard InChI is InChI=1S/C7H11NO/c1-4-5(2)7(9)8-6(4)3/h5-6H,1H2,2-3H3,(H,8,9). The lowest BCUT2D eigenvalue weighted by Crippen LogP contribution is -2.23. The van der Waals surface area contributed by atoms with E-state index in [0.717, 1.165) is 5.57 Å². The van der Waals surface area contributed by atoms with E-state index in [0.29, 0.717) is 0 Å². The van der Waals surface area contributed by atoms with Crippen LogP contribution < -0.4 is 5.32 Å². The zero-order chi connectivity index (χ0) is 7.02. The number of nitrogens with one attached hydrogen (secondary N) is 1. The third-order valence-corrected chi connectivity index (χ3v) is 1.86. The third kappa shape index (κ3) is 0.846. The highest BCUT2D eigenvalue weighted by atomic mass is 16.2. The van der Waals surface area contributed by atoms with Crippen molar-refractivity contribution in [3.05, 3.63) is 12.2 Å². The van der Waals surface area contributed by atoms with Crippen LogP contribution in [0.1, 0.15) is 13.8 Å².